The van der Waals surface area contributed by atoms with Crippen molar-refractivity contribution in [3.8, 4) is 0 Å². The molecule has 112 valence electrons. The fraction of sp³-hybridized carbons (Fsp3) is 0.667. The summed E-state index contributed by atoms with van der Waals surface area (Å²) in [6.07, 6.45) is 1.04. The first-order chi connectivity index (χ1) is 9.58. The molecule has 0 radical (unpaired) electrons. The van der Waals surface area contributed by atoms with E-state index in [9.17, 15) is 4.79 Å². The predicted molar refractivity (Wildman–Crippen MR) is 82.2 cm³/mol. The molecule has 1 aromatic heterocycles. The Bertz CT molecular complexity index is 420. The molecule has 1 aromatic rings. The van der Waals surface area contributed by atoms with Crippen LogP contribution in [0.1, 0.15) is 31.2 Å². The van der Waals surface area contributed by atoms with Gasteiger partial charge in [-0.2, -0.15) is 0 Å². The van der Waals surface area contributed by atoms with Gasteiger partial charge in [0.05, 0.1) is 6.54 Å². The molecule has 2 heterocycles. The molecule has 0 amide bonds. The highest BCUT2D eigenvalue weighted by molar-refractivity contribution is 7.10. The average molecular weight is 296 g/mol. The van der Waals surface area contributed by atoms with Crippen LogP contribution in [0.25, 0.3) is 0 Å². The molecule has 0 aromatic carbocycles. The van der Waals surface area contributed by atoms with Gasteiger partial charge in [0.25, 0.3) is 0 Å². The summed E-state index contributed by atoms with van der Waals surface area (Å²) in [5, 5.41) is 11.1. The molecule has 1 atom stereocenters. The molecule has 4 nitrogen and oxygen atoms in total. The number of aliphatic carboxylic acids is 1. The van der Waals surface area contributed by atoms with Crippen LogP contribution in [0.5, 0.6) is 0 Å². The van der Waals surface area contributed by atoms with Gasteiger partial charge in [-0.25, -0.2) is 0 Å². The van der Waals surface area contributed by atoms with Crippen LogP contribution >= 0.6 is 11.3 Å². The molecule has 1 N–H and O–H groups in total. The number of hydrogen-bond acceptors (Lipinski definition) is 4. The molecule has 0 saturated carbocycles. The third kappa shape index (κ3) is 4.04. The Morgan fingerprint density at radius 3 is 2.75 bits per heavy atom. The van der Waals surface area contributed by atoms with Gasteiger partial charge >= 0.3 is 5.97 Å². The Morgan fingerprint density at radius 2 is 2.15 bits per heavy atom. The van der Waals surface area contributed by atoms with Gasteiger partial charge in [-0.05, 0) is 23.8 Å². The molecular formula is C15H24N2O2S. The lowest BCUT2D eigenvalue weighted by molar-refractivity contribution is -0.138. The summed E-state index contributed by atoms with van der Waals surface area (Å²) < 4.78 is 0. The maximum absolute atomic E-state index is 10.8. The van der Waals surface area contributed by atoms with E-state index in [1.54, 1.807) is 0 Å². The van der Waals surface area contributed by atoms with Crippen molar-refractivity contribution in [2.75, 3.05) is 32.7 Å². The van der Waals surface area contributed by atoms with E-state index in [0.29, 0.717) is 12.0 Å². The van der Waals surface area contributed by atoms with Gasteiger partial charge in [0, 0.05) is 37.1 Å². The lowest BCUT2D eigenvalue weighted by Crippen LogP contribution is -2.36. The Kier molecular flexibility index (Phi) is 5.57. The minimum atomic E-state index is -0.725. The van der Waals surface area contributed by atoms with Crippen LogP contribution in [0.2, 0.25) is 0 Å². The maximum Gasteiger partial charge on any atom is 0.317 e. The Hall–Kier alpha value is -0.910. The number of rotatable bonds is 5. The van der Waals surface area contributed by atoms with Crippen LogP contribution < -0.4 is 0 Å². The van der Waals surface area contributed by atoms with Crippen LogP contribution in [0.3, 0.4) is 0 Å². The zero-order valence-electron chi connectivity index (χ0n) is 12.3. The summed E-state index contributed by atoms with van der Waals surface area (Å²) in [5.74, 6) is -0.156. The second-order valence-corrected chi connectivity index (χ2v) is 6.74. The van der Waals surface area contributed by atoms with E-state index >= 15 is 0 Å². The highest BCUT2D eigenvalue weighted by Crippen LogP contribution is 2.32. The van der Waals surface area contributed by atoms with Gasteiger partial charge in [-0.1, -0.05) is 19.9 Å². The van der Waals surface area contributed by atoms with E-state index < -0.39 is 5.97 Å². The number of carboxylic acids is 1. The standard InChI is InChI=1S/C15H24N2O2S/c1-12(2)15(13-5-3-10-20-13)17-7-4-6-16(8-9-17)11-14(18)19/h3,5,10,12,15H,4,6-9,11H2,1-2H3,(H,18,19). The van der Waals surface area contributed by atoms with Gasteiger partial charge in [0.1, 0.15) is 0 Å². The molecule has 1 fully saturated rings. The average Bonchev–Trinajstić information content (AvgIpc) is 2.78. The number of nitrogens with zero attached hydrogens (tertiary/aromatic N) is 2. The van der Waals surface area contributed by atoms with E-state index in [2.05, 4.69) is 36.3 Å². The molecule has 1 aliphatic rings. The summed E-state index contributed by atoms with van der Waals surface area (Å²) in [7, 11) is 0. The fourth-order valence-corrected chi connectivity index (χ4v) is 4.04. The van der Waals surface area contributed by atoms with Crippen molar-refractivity contribution in [2.24, 2.45) is 5.92 Å². The highest BCUT2D eigenvalue weighted by atomic mass is 32.1. The van der Waals surface area contributed by atoms with Crippen molar-refractivity contribution in [3.63, 3.8) is 0 Å². The predicted octanol–water partition coefficient (Wildman–Crippen LogP) is 2.54. The highest BCUT2D eigenvalue weighted by Gasteiger charge is 2.26. The first-order valence-corrected chi connectivity index (χ1v) is 8.17. The Labute approximate surface area is 125 Å². The first-order valence-electron chi connectivity index (χ1n) is 7.29. The van der Waals surface area contributed by atoms with E-state index in [1.165, 1.54) is 4.88 Å². The normalized spacial score (nSPS) is 19.9. The summed E-state index contributed by atoms with van der Waals surface area (Å²) >= 11 is 1.82. The minimum Gasteiger partial charge on any atom is -0.480 e. The molecule has 1 unspecified atom stereocenters. The summed E-state index contributed by atoms with van der Waals surface area (Å²) in [6, 6.07) is 4.79. The van der Waals surface area contributed by atoms with Gasteiger partial charge in [0.15, 0.2) is 0 Å². The molecule has 1 aliphatic heterocycles. The zero-order valence-corrected chi connectivity index (χ0v) is 13.1. The monoisotopic (exact) mass is 296 g/mol. The second kappa shape index (κ2) is 7.20. The number of thiophene rings is 1. The molecular weight excluding hydrogens is 272 g/mol. The quantitative estimate of drug-likeness (QED) is 0.907. The molecule has 0 spiro atoms. The van der Waals surface area contributed by atoms with E-state index in [1.807, 2.05) is 16.2 Å². The molecule has 0 bridgehead atoms. The maximum atomic E-state index is 10.8. The first kappa shape index (κ1) is 15.5. The Morgan fingerprint density at radius 1 is 1.35 bits per heavy atom. The van der Waals surface area contributed by atoms with E-state index in [4.69, 9.17) is 5.11 Å². The minimum absolute atomic E-state index is 0.166. The topological polar surface area (TPSA) is 43.8 Å². The van der Waals surface area contributed by atoms with Crippen LogP contribution in [0.4, 0.5) is 0 Å². The van der Waals surface area contributed by atoms with Crippen molar-refractivity contribution in [2.45, 2.75) is 26.3 Å². The number of hydrogen-bond donors (Lipinski definition) is 1. The van der Waals surface area contributed by atoms with Crippen molar-refractivity contribution in [1.29, 1.82) is 0 Å². The van der Waals surface area contributed by atoms with E-state index in [0.717, 1.165) is 32.6 Å². The van der Waals surface area contributed by atoms with Crippen molar-refractivity contribution in [1.82, 2.24) is 9.80 Å². The summed E-state index contributed by atoms with van der Waals surface area (Å²) in [5.41, 5.74) is 0. The van der Waals surface area contributed by atoms with Crippen LogP contribution in [0, 0.1) is 5.92 Å². The third-order valence-corrected chi connectivity index (χ3v) is 4.78. The van der Waals surface area contributed by atoms with Crippen LogP contribution in [0.15, 0.2) is 17.5 Å². The summed E-state index contributed by atoms with van der Waals surface area (Å²) in [4.78, 5) is 16.8. The second-order valence-electron chi connectivity index (χ2n) is 5.76. The van der Waals surface area contributed by atoms with Gasteiger partial charge < -0.3 is 5.11 Å². The Balaban J connectivity index is 2.02. The number of carboxylic acid groups (broad SMARTS) is 1. The number of carbonyl (C=O) groups is 1. The van der Waals surface area contributed by atoms with Crippen LogP contribution in [-0.4, -0.2) is 53.6 Å². The largest absolute Gasteiger partial charge is 0.480 e. The summed E-state index contributed by atoms with van der Waals surface area (Å²) in [6.45, 7) is 8.44. The third-order valence-electron chi connectivity index (χ3n) is 3.84. The molecule has 2 rings (SSSR count). The van der Waals surface area contributed by atoms with Gasteiger partial charge in [0.2, 0.25) is 0 Å². The van der Waals surface area contributed by atoms with Gasteiger partial charge in [-0.15, -0.1) is 11.3 Å². The molecule has 0 aliphatic carbocycles. The fourth-order valence-electron chi connectivity index (χ4n) is 3.01. The molecule has 20 heavy (non-hydrogen) atoms. The molecule has 5 heteroatoms. The van der Waals surface area contributed by atoms with Crippen molar-refractivity contribution in [3.05, 3.63) is 22.4 Å². The zero-order chi connectivity index (χ0) is 14.5. The lowest BCUT2D eigenvalue weighted by Gasteiger charge is -2.33. The molecule has 1 saturated heterocycles. The van der Waals surface area contributed by atoms with Gasteiger partial charge in [-0.3, -0.25) is 14.6 Å². The van der Waals surface area contributed by atoms with Crippen molar-refractivity contribution >= 4 is 17.3 Å². The van der Waals surface area contributed by atoms with Crippen LogP contribution in [-0.2, 0) is 4.79 Å². The van der Waals surface area contributed by atoms with E-state index in [-0.39, 0.29) is 6.54 Å². The lowest BCUT2D eigenvalue weighted by atomic mass is 10.0. The smallest absolute Gasteiger partial charge is 0.317 e. The SMILES string of the molecule is CC(C)C(c1cccs1)N1CCCN(CC(=O)O)CC1. The van der Waals surface area contributed by atoms with Crippen molar-refractivity contribution < 1.29 is 9.90 Å².